The van der Waals surface area contributed by atoms with E-state index >= 15 is 0 Å². The van der Waals surface area contributed by atoms with E-state index in [1.807, 2.05) is 0 Å². The van der Waals surface area contributed by atoms with Crippen LogP contribution in [0.4, 0.5) is 8.78 Å². The molecule has 0 saturated heterocycles. The Morgan fingerprint density at radius 2 is 1.89 bits per heavy atom. The second-order valence-electron chi connectivity index (χ2n) is 4.74. The highest BCUT2D eigenvalue weighted by Gasteiger charge is 2.27. The van der Waals surface area contributed by atoms with E-state index in [0.29, 0.717) is 19.3 Å². The van der Waals surface area contributed by atoms with Gasteiger partial charge in [-0.15, -0.1) is 0 Å². The van der Waals surface area contributed by atoms with Gasteiger partial charge in [-0.05, 0) is 37.3 Å². The molecule has 7 heteroatoms. The summed E-state index contributed by atoms with van der Waals surface area (Å²) in [6, 6.07) is 2.91. The zero-order valence-corrected chi connectivity index (χ0v) is 11.0. The molecule has 1 aliphatic rings. The van der Waals surface area contributed by atoms with Crippen molar-refractivity contribution in [1.82, 2.24) is 4.72 Å². The summed E-state index contributed by atoms with van der Waals surface area (Å²) in [7, 11) is -4.21. The van der Waals surface area contributed by atoms with Gasteiger partial charge in [0, 0.05) is 6.54 Å². The van der Waals surface area contributed by atoms with Crippen molar-refractivity contribution in [3.05, 3.63) is 29.8 Å². The summed E-state index contributed by atoms with van der Waals surface area (Å²) < 4.78 is 52.7. The SMILES string of the molecule is O=S(=O)(NCC1CCC(O)C1)c1c(F)cccc1F. The van der Waals surface area contributed by atoms with Gasteiger partial charge in [0.25, 0.3) is 0 Å². The Morgan fingerprint density at radius 1 is 1.26 bits per heavy atom. The molecule has 19 heavy (non-hydrogen) atoms. The fourth-order valence-corrected chi connectivity index (χ4v) is 3.52. The molecule has 1 saturated carbocycles. The van der Waals surface area contributed by atoms with Gasteiger partial charge >= 0.3 is 0 Å². The molecule has 1 aromatic carbocycles. The molecule has 2 unspecified atom stereocenters. The second-order valence-corrected chi connectivity index (χ2v) is 6.44. The number of rotatable bonds is 4. The van der Waals surface area contributed by atoms with Crippen molar-refractivity contribution in [2.75, 3.05) is 6.54 Å². The van der Waals surface area contributed by atoms with E-state index in [9.17, 15) is 22.3 Å². The average Bonchev–Trinajstić information content (AvgIpc) is 2.72. The maximum Gasteiger partial charge on any atom is 0.246 e. The van der Waals surface area contributed by atoms with Crippen molar-refractivity contribution in [2.45, 2.75) is 30.3 Å². The molecule has 0 aromatic heterocycles. The summed E-state index contributed by atoms with van der Waals surface area (Å²) in [5.41, 5.74) is 0. The van der Waals surface area contributed by atoms with Crippen molar-refractivity contribution < 1.29 is 22.3 Å². The van der Waals surface area contributed by atoms with E-state index in [4.69, 9.17) is 0 Å². The van der Waals surface area contributed by atoms with Gasteiger partial charge in [0.05, 0.1) is 6.10 Å². The predicted octanol–water partition coefficient (Wildman–Crippen LogP) is 1.40. The zero-order valence-electron chi connectivity index (χ0n) is 10.1. The first-order valence-electron chi connectivity index (χ1n) is 6.02. The smallest absolute Gasteiger partial charge is 0.246 e. The van der Waals surface area contributed by atoms with E-state index in [-0.39, 0.29) is 12.5 Å². The van der Waals surface area contributed by atoms with Crippen LogP contribution in [0.1, 0.15) is 19.3 Å². The Kier molecular flexibility index (Phi) is 4.17. The summed E-state index contributed by atoms with van der Waals surface area (Å²) in [4.78, 5) is -0.950. The summed E-state index contributed by atoms with van der Waals surface area (Å²) >= 11 is 0. The fourth-order valence-electron chi connectivity index (χ4n) is 2.27. The molecule has 0 amide bonds. The molecule has 2 rings (SSSR count). The van der Waals surface area contributed by atoms with Crippen LogP contribution in [0.3, 0.4) is 0 Å². The number of nitrogens with one attached hydrogen (secondary N) is 1. The van der Waals surface area contributed by atoms with Crippen molar-refractivity contribution in [3.63, 3.8) is 0 Å². The molecule has 0 spiro atoms. The highest BCUT2D eigenvalue weighted by molar-refractivity contribution is 7.89. The third-order valence-corrected chi connectivity index (χ3v) is 4.74. The minimum atomic E-state index is -4.21. The van der Waals surface area contributed by atoms with Gasteiger partial charge in [-0.2, -0.15) is 0 Å². The Bertz CT molecular complexity index is 542. The summed E-state index contributed by atoms with van der Waals surface area (Å²) in [6.07, 6.45) is 1.41. The molecule has 4 nitrogen and oxygen atoms in total. The monoisotopic (exact) mass is 291 g/mol. The molecular formula is C12H15F2NO3S. The summed E-state index contributed by atoms with van der Waals surface area (Å²) in [5.74, 6) is -2.22. The van der Waals surface area contributed by atoms with Crippen LogP contribution in [0.15, 0.2) is 23.1 Å². The molecular weight excluding hydrogens is 276 g/mol. The van der Waals surface area contributed by atoms with E-state index in [1.165, 1.54) is 0 Å². The van der Waals surface area contributed by atoms with Gasteiger partial charge in [-0.25, -0.2) is 21.9 Å². The minimum absolute atomic E-state index is 0.000361. The Labute approximate surface area is 110 Å². The number of aliphatic hydroxyl groups excluding tert-OH is 1. The maximum absolute atomic E-state index is 13.4. The summed E-state index contributed by atoms with van der Waals surface area (Å²) in [6.45, 7) is 0.0766. The van der Waals surface area contributed by atoms with Crippen LogP contribution in [-0.4, -0.2) is 26.2 Å². The van der Waals surface area contributed by atoms with E-state index < -0.39 is 32.7 Å². The highest BCUT2D eigenvalue weighted by Crippen LogP contribution is 2.25. The van der Waals surface area contributed by atoms with Crippen molar-refractivity contribution >= 4 is 10.0 Å². The zero-order chi connectivity index (χ0) is 14.0. The lowest BCUT2D eigenvalue weighted by Crippen LogP contribution is -2.30. The second kappa shape index (κ2) is 5.52. The molecule has 0 radical (unpaired) electrons. The largest absolute Gasteiger partial charge is 0.393 e. The minimum Gasteiger partial charge on any atom is -0.393 e. The van der Waals surface area contributed by atoms with Gasteiger partial charge in [-0.3, -0.25) is 0 Å². The van der Waals surface area contributed by atoms with Crippen LogP contribution < -0.4 is 4.72 Å². The molecule has 1 aromatic rings. The van der Waals surface area contributed by atoms with Crippen LogP contribution in [0.2, 0.25) is 0 Å². The molecule has 0 aliphatic heterocycles. The van der Waals surface area contributed by atoms with Crippen LogP contribution in [0, 0.1) is 17.6 Å². The lowest BCUT2D eigenvalue weighted by molar-refractivity contribution is 0.178. The first-order valence-corrected chi connectivity index (χ1v) is 7.50. The topological polar surface area (TPSA) is 66.4 Å². The Hall–Kier alpha value is -1.05. The lowest BCUT2D eigenvalue weighted by Gasteiger charge is -2.12. The highest BCUT2D eigenvalue weighted by atomic mass is 32.2. The van der Waals surface area contributed by atoms with Crippen molar-refractivity contribution in [1.29, 1.82) is 0 Å². The van der Waals surface area contributed by atoms with E-state index in [2.05, 4.69) is 4.72 Å². The fraction of sp³-hybridized carbons (Fsp3) is 0.500. The van der Waals surface area contributed by atoms with Gasteiger partial charge in [-0.1, -0.05) is 6.07 Å². The Morgan fingerprint density at radius 3 is 2.42 bits per heavy atom. The lowest BCUT2D eigenvalue weighted by atomic mass is 10.1. The molecule has 2 atom stereocenters. The molecule has 1 aliphatic carbocycles. The number of hydrogen-bond donors (Lipinski definition) is 2. The normalized spacial score (nSPS) is 23.7. The third kappa shape index (κ3) is 3.29. The average molecular weight is 291 g/mol. The number of halogens is 2. The number of aliphatic hydroxyl groups is 1. The molecule has 106 valence electrons. The molecule has 0 heterocycles. The van der Waals surface area contributed by atoms with E-state index in [0.717, 1.165) is 18.2 Å². The van der Waals surface area contributed by atoms with Gasteiger partial charge in [0.1, 0.15) is 11.6 Å². The first-order chi connectivity index (χ1) is 8.90. The van der Waals surface area contributed by atoms with Gasteiger partial charge in [0.2, 0.25) is 10.0 Å². The van der Waals surface area contributed by atoms with Crippen molar-refractivity contribution in [2.24, 2.45) is 5.92 Å². The third-order valence-electron chi connectivity index (χ3n) is 3.26. The van der Waals surface area contributed by atoms with E-state index in [1.54, 1.807) is 0 Å². The number of benzene rings is 1. The predicted molar refractivity (Wildman–Crippen MR) is 64.9 cm³/mol. The number of hydrogen-bond acceptors (Lipinski definition) is 3. The van der Waals surface area contributed by atoms with Crippen LogP contribution >= 0.6 is 0 Å². The standard InChI is InChI=1S/C12H15F2NO3S/c13-10-2-1-3-11(14)12(10)19(17,18)15-7-8-4-5-9(16)6-8/h1-3,8-9,15-16H,4-7H2. The first kappa shape index (κ1) is 14.4. The molecule has 0 bridgehead atoms. The quantitative estimate of drug-likeness (QED) is 0.881. The van der Waals surface area contributed by atoms with Crippen LogP contribution in [0.5, 0.6) is 0 Å². The Balaban J connectivity index is 2.10. The van der Waals surface area contributed by atoms with Crippen LogP contribution in [-0.2, 0) is 10.0 Å². The van der Waals surface area contributed by atoms with Crippen molar-refractivity contribution in [3.8, 4) is 0 Å². The van der Waals surface area contributed by atoms with Gasteiger partial charge < -0.3 is 5.11 Å². The van der Waals surface area contributed by atoms with Crippen LogP contribution in [0.25, 0.3) is 0 Å². The molecule has 1 fully saturated rings. The van der Waals surface area contributed by atoms with Gasteiger partial charge in [0.15, 0.2) is 4.90 Å². The maximum atomic E-state index is 13.4. The number of sulfonamides is 1. The summed E-state index contributed by atoms with van der Waals surface area (Å²) in [5, 5.41) is 9.34. The molecule has 2 N–H and O–H groups in total.